The van der Waals surface area contributed by atoms with Crippen molar-refractivity contribution in [1.29, 1.82) is 0 Å². The van der Waals surface area contributed by atoms with Gasteiger partial charge in [-0.15, -0.1) is 0 Å². The maximum absolute atomic E-state index is 13.5. The van der Waals surface area contributed by atoms with Gasteiger partial charge >= 0.3 is 17.6 Å². The maximum atomic E-state index is 13.5. The minimum atomic E-state index is -1.02. The predicted octanol–water partition coefficient (Wildman–Crippen LogP) is 3.38. The fourth-order valence-electron chi connectivity index (χ4n) is 4.53. The second-order valence-electron chi connectivity index (χ2n) is 9.45. The Morgan fingerprint density at radius 3 is 1.93 bits per heavy atom. The summed E-state index contributed by atoms with van der Waals surface area (Å²) in [6, 6.07) is 24.7. The normalized spacial score (nSPS) is 18.0. The highest BCUT2D eigenvalue weighted by Gasteiger charge is 2.41. The fraction of sp³-hybridized carbons (Fsp3) is 0.194. The smallest absolute Gasteiger partial charge is 0.340 e. The molecule has 2 heterocycles. The van der Waals surface area contributed by atoms with E-state index in [1.807, 2.05) is 0 Å². The Morgan fingerprint density at radius 1 is 0.805 bits per heavy atom. The summed E-state index contributed by atoms with van der Waals surface area (Å²) in [6.07, 6.45) is -1.56. The van der Waals surface area contributed by atoms with Crippen LogP contribution in [0.5, 0.6) is 0 Å². The minimum Gasteiger partial charge on any atom is -0.459 e. The third kappa shape index (κ3) is 5.92. The van der Waals surface area contributed by atoms with Gasteiger partial charge < -0.3 is 14.2 Å². The summed E-state index contributed by atoms with van der Waals surface area (Å²) in [5, 5.41) is 0. The van der Waals surface area contributed by atoms with Crippen LogP contribution >= 0.6 is 0 Å². The topological polar surface area (TPSA) is 123 Å². The van der Waals surface area contributed by atoms with E-state index in [0.29, 0.717) is 15.7 Å². The van der Waals surface area contributed by atoms with Crippen molar-refractivity contribution in [1.82, 2.24) is 9.13 Å². The van der Waals surface area contributed by atoms with Gasteiger partial charge in [-0.1, -0.05) is 54.6 Å². The summed E-state index contributed by atoms with van der Waals surface area (Å²) in [5.74, 6) is -2.00. The van der Waals surface area contributed by atoms with Crippen LogP contribution in [0.15, 0.2) is 107 Å². The zero-order chi connectivity index (χ0) is 28.9. The highest BCUT2D eigenvalue weighted by atomic mass is 16.6. The van der Waals surface area contributed by atoms with E-state index in [-0.39, 0.29) is 24.2 Å². The number of aryl methyl sites for hydroxylation is 1. The Labute approximate surface area is 234 Å². The largest absolute Gasteiger partial charge is 0.459 e. The first-order valence-electron chi connectivity index (χ1n) is 12.9. The number of hydrogen-bond donors (Lipinski definition) is 0. The predicted molar refractivity (Wildman–Crippen MR) is 147 cm³/mol. The maximum Gasteiger partial charge on any atom is 0.340 e. The Balaban J connectivity index is 1.44. The number of rotatable bonds is 7. The molecule has 1 fully saturated rings. The standard InChI is InChI=1S/C31H26N2O8/c1-20-18-32(31(38)33(27(20)34)28(35)21-11-5-2-6-12-21)26-17-24(41-30(37)23-15-9-4-10-16-23)25(40-26)19-39-29(36)22-13-7-3-8-14-22/h2-16,18,24-26H,17,19H2,1H3/t24-,25+,26+/m0/s1. The lowest BCUT2D eigenvalue weighted by Gasteiger charge is -2.19. The lowest BCUT2D eigenvalue weighted by Crippen LogP contribution is -2.45. The molecule has 1 aliphatic rings. The molecule has 0 spiro atoms. The van der Waals surface area contributed by atoms with Gasteiger partial charge in [0.25, 0.3) is 11.5 Å². The van der Waals surface area contributed by atoms with E-state index in [1.165, 1.54) is 25.3 Å². The van der Waals surface area contributed by atoms with Crippen LogP contribution in [0, 0.1) is 6.92 Å². The van der Waals surface area contributed by atoms with Crippen LogP contribution in [0.1, 0.15) is 49.3 Å². The van der Waals surface area contributed by atoms with Gasteiger partial charge in [0.1, 0.15) is 25.0 Å². The lowest BCUT2D eigenvalue weighted by atomic mass is 10.1. The van der Waals surface area contributed by atoms with E-state index < -0.39 is 47.5 Å². The van der Waals surface area contributed by atoms with Crippen LogP contribution in [-0.2, 0) is 14.2 Å². The number of ether oxygens (including phenoxy) is 3. The molecule has 3 atom stereocenters. The van der Waals surface area contributed by atoms with E-state index >= 15 is 0 Å². The molecule has 3 aromatic carbocycles. The quantitative estimate of drug-likeness (QED) is 0.319. The monoisotopic (exact) mass is 554 g/mol. The Kier molecular flexibility index (Phi) is 8.02. The molecule has 10 heteroatoms. The van der Waals surface area contributed by atoms with Gasteiger partial charge in [0.2, 0.25) is 0 Å². The first-order chi connectivity index (χ1) is 19.8. The molecule has 10 nitrogen and oxygen atoms in total. The van der Waals surface area contributed by atoms with Crippen molar-refractivity contribution in [2.45, 2.75) is 31.8 Å². The number of benzene rings is 3. The van der Waals surface area contributed by atoms with Crippen LogP contribution in [-0.4, -0.2) is 45.8 Å². The van der Waals surface area contributed by atoms with E-state index in [0.717, 1.165) is 4.57 Å². The van der Waals surface area contributed by atoms with Gasteiger partial charge in [0, 0.05) is 23.7 Å². The molecule has 1 aliphatic heterocycles. The van der Waals surface area contributed by atoms with Crippen LogP contribution in [0.3, 0.4) is 0 Å². The summed E-state index contributed by atoms with van der Waals surface area (Å²) in [6.45, 7) is 1.21. The summed E-state index contributed by atoms with van der Waals surface area (Å²) in [7, 11) is 0. The number of aromatic nitrogens is 2. The molecule has 0 aliphatic carbocycles. The number of hydrogen-bond acceptors (Lipinski definition) is 8. The number of carbonyl (C=O) groups excluding carboxylic acids is 3. The number of carbonyl (C=O) groups is 3. The van der Waals surface area contributed by atoms with Crippen molar-refractivity contribution in [3.8, 4) is 0 Å². The third-order valence-corrected chi connectivity index (χ3v) is 6.66. The lowest BCUT2D eigenvalue weighted by molar-refractivity contribution is -0.0584. The van der Waals surface area contributed by atoms with Gasteiger partial charge in [0.05, 0.1) is 11.1 Å². The van der Waals surface area contributed by atoms with Gasteiger partial charge in [-0.05, 0) is 43.3 Å². The van der Waals surface area contributed by atoms with Crippen LogP contribution < -0.4 is 11.2 Å². The molecule has 0 N–H and O–H groups in total. The Morgan fingerprint density at radius 2 is 1.34 bits per heavy atom. The molecule has 1 saturated heterocycles. The molecule has 4 aromatic rings. The minimum absolute atomic E-state index is 0.00318. The van der Waals surface area contributed by atoms with Crippen LogP contribution in [0.4, 0.5) is 0 Å². The summed E-state index contributed by atoms with van der Waals surface area (Å²) < 4.78 is 19.0. The van der Waals surface area contributed by atoms with Crippen molar-refractivity contribution in [2.75, 3.05) is 6.61 Å². The van der Waals surface area contributed by atoms with E-state index in [2.05, 4.69) is 0 Å². The molecular formula is C31H26N2O8. The molecule has 1 aromatic heterocycles. The first kappa shape index (κ1) is 27.5. The van der Waals surface area contributed by atoms with Crippen molar-refractivity contribution in [3.05, 3.63) is 140 Å². The second kappa shape index (κ2) is 12.0. The van der Waals surface area contributed by atoms with E-state index in [1.54, 1.807) is 78.9 Å². The van der Waals surface area contributed by atoms with Gasteiger partial charge in [-0.3, -0.25) is 14.2 Å². The Bertz CT molecular complexity index is 1680. The average Bonchev–Trinajstić information content (AvgIpc) is 3.41. The highest BCUT2D eigenvalue weighted by molar-refractivity contribution is 5.95. The summed E-state index contributed by atoms with van der Waals surface area (Å²) in [5.41, 5.74) is -0.719. The van der Waals surface area contributed by atoms with Gasteiger partial charge in [-0.2, -0.15) is 4.57 Å². The summed E-state index contributed by atoms with van der Waals surface area (Å²) in [4.78, 5) is 64.9. The molecule has 0 amide bonds. The molecular weight excluding hydrogens is 528 g/mol. The molecule has 41 heavy (non-hydrogen) atoms. The van der Waals surface area contributed by atoms with E-state index in [9.17, 15) is 24.0 Å². The van der Waals surface area contributed by atoms with Gasteiger partial charge in [-0.25, -0.2) is 14.4 Å². The average molecular weight is 555 g/mol. The zero-order valence-corrected chi connectivity index (χ0v) is 22.0. The SMILES string of the molecule is Cc1cn([C@H]2C[C@H](OC(=O)c3ccccc3)[C@@H](COC(=O)c3ccccc3)O2)c(=O)n(C(=O)c2ccccc2)c1=O. The first-order valence-corrected chi connectivity index (χ1v) is 12.9. The van der Waals surface area contributed by atoms with Crippen molar-refractivity contribution in [3.63, 3.8) is 0 Å². The molecule has 5 rings (SSSR count). The summed E-state index contributed by atoms with van der Waals surface area (Å²) >= 11 is 0. The molecule has 0 bridgehead atoms. The third-order valence-electron chi connectivity index (χ3n) is 6.66. The molecule has 0 radical (unpaired) electrons. The van der Waals surface area contributed by atoms with Crippen molar-refractivity contribution in [2.24, 2.45) is 0 Å². The number of esters is 2. The fourth-order valence-corrected chi connectivity index (χ4v) is 4.53. The van der Waals surface area contributed by atoms with Gasteiger partial charge in [0.15, 0.2) is 0 Å². The van der Waals surface area contributed by atoms with Crippen molar-refractivity contribution >= 4 is 17.8 Å². The van der Waals surface area contributed by atoms with Crippen LogP contribution in [0.25, 0.3) is 0 Å². The Hall–Kier alpha value is -5.09. The molecule has 0 unspecified atom stereocenters. The van der Waals surface area contributed by atoms with Crippen LogP contribution in [0.2, 0.25) is 0 Å². The van der Waals surface area contributed by atoms with Crippen molar-refractivity contribution < 1.29 is 28.6 Å². The second-order valence-corrected chi connectivity index (χ2v) is 9.45. The van der Waals surface area contributed by atoms with E-state index in [4.69, 9.17) is 14.2 Å². The number of nitrogens with zero attached hydrogens (tertiary/aromatic N) is 2. The zero-order valence-electron chi connectivity index (χ0n) is 22.0. The molecule has 208 valence electrons. The molecule has 0 saturated carbocycles. The highest BCUT2D eigenvalue weighted by Crippen LogP contribution is 2.31.